The van der Waals surface area contributed by atoms with Crippen LogP contribution in [0.5, 0.6) is 0 Å². The number of hydrogen-bond donors (Lipinski definition) is 0. The standard InChI is InChI=1S/C18H18F3N3O/c1-2-12-24(15-6-4-3-5-7-15)17-22-16(23-25-17)13-8-10-14(11-9-13)18(19,20)21/h1,8-11,15H,3-7,12H2. The first kappa shape index (κ1) is 17.3. The van der Waals surface area contributed by atoms with Crippen LogP contribution in [0.2, 0.25) is 0 Å². The van der Waals surface area contributed by atoms with Crippen molar-refractivity contribution < 1.29 is 17.7 Å². The summed E-state index contributed by atoms with van der Waals surface area (Å²) in [6.45, 7) is 0.360. The highest BCUT2D eigenvalue weighted by molar-refractivity contribution is 5.56. The van der Waals surface area contributed by atoms with Crippen molar-refractivity contribution in [2.24, 2.45) is 0 Å². The second kappa shape index (κ2) is 7.18. The molecule has 3 rings (SSSR count). The lowest BCUT2D eigenvalue weighted by molar-refractivity contribution is -0.137. The molecule has 2 aromatic rings. The zero-order chi connectivity index (χ0) is 17.9. The van der Waals surface area contributed by atoms with Gasteiger partial charge in [-0.3, -0.25) is 0 Å². The molecule has 7 heteroatoms. The molecule has 1 aromatic carbocycles. The third kappa shape index (κ3) is 3.95. The Balaban J connectivity index is 1.81. The van der Waals surface area contributed by atoms with Gasteiger partial charge in [-0.25, -0.2) is 0 Å². The molecule has 0 saturated heterocycles. The molecule has 132 valence electrons. The zero-order valence-electron chi connectivity index (χ0n) is 13.6. The zero-order valence-corrected chi connectivity index (χ0v) is 13.6. The van der Waals surface area contributed by atoms with E-state index in [1.54, 1.807) is 0 Å². The molecule has 0 spiro atoms. The summed E-state index contributed by atoms with van der Waals surface area (Å²) in [5, 5.41) is 3.90. The number of anilines is 1. The Labute approximate surface area is 144 Å². The normalized spacial score (nSPS) is 15.8. The van der Waals surface area contributed by atoms with Crippen LogP contribution in [0.4, 0.5) is 19.2 Å². The monoisotopic (exact) mass is 349 g/mol. The van der Waals surface area contributed by atoms with E-state index in [0.717, 1.165) is 37.8 Å². The van der Waals surface area contributed by atoms with Gasteiger partial charge >= 0.3 is 12.2 Å². The van der Waals surface area contributed by atoms with Crippen molar-refractivity contribution in [2.75, 3.05) is 11.4 Å². The Hall–Kier alpha value is -2.49. The molecule has 0 radical (unpaired) electrons. The minimum absolute atomic E-state index is 0.251. The molecule has 1 heterocycles. The topological polar surface area (TPSA) is 42.2 Å². The second-order valence-electron chi connectivity index (χ2n) is 6.10. The van der Waals surface area contributed by atoms with Gasteiger partial charge in [-0.05, 0) is 25.0 Å². The van der Waals surface area contributed by atoms with Gasteiger partial charge in [0, 0.05) is 11.6 Å². The Morgan fingerprint density at radius 3 is 2.44 bits per heavy atom. The summed E-state index contributed by atoms with van der Waals surface area (Å²) in [5.74, 6) is 2.86. The Morgan fingerprint density at radius 1 is 1.16 bits per heavy atom. The van der Waals surface area contributed by atoms with Crippen LogP contribution in [0.1, 0.15) is 37.7 Å². The fraction of sp³-hybridized carbons (Fsp3) is 0.444. The predicted octanol–water partition coefficient (Wildman–Crippen LogP) is 4.53. The molecule has 0 amide bonds. The van der Waals surface area contributed by atoms with E-state index in [9.17, 15) is 13.2 Å². The lowest BCUT2D eigenvalue weighted by Crippen LogP contribution is -2.37. The van der Waals surface area contributed by atoms with Gasteiger partial charge in [-0.15, -0.1) is 6.42 Å². The fourth-order valence-corrected chi connectivity index (χ4v) is 3.10. The van der Waals surface area contributed by atoms with Gasteiger partial charge in [0.25, 0.3) is 0 Å². The number of rotatable bonds is 4. The summed E-state index contributed by atoms with van der Waals surface area (Å²) in [4.78, 5) is 6.25. The van der Waals surface area contributed by atoms with Gasteiger partial charge in [-0.1, -0.05) is 42.5 Å². The van der Waals surface area contributed by atoms with E-state index in [2.05, 4.69) is 16.1 Å². The van der Waals surface area contributed by atoms with Gasteiger partial charge in [0.15, 0.2) is 0 Å². The summed E-state index contributed by atoms with van der Waals surface area (Å²) in [6, 6.07) is 5.26. The first-order chi connectivity index (χ1) is 12.0. The first-order valence-electron chi connectivity index (χ1n) is 8.20. The lowest BCUT2D eigenvalue weighted by atomic mass is 9.94. The average molecular weight is 349 g/mol. The molecular weight excluding hydrogens is 331 g/mol. The molecule has 25 heavy (non-hydrogen) atoms. The van der Waals surface area contributed by atoms with Crippen molar-refractivity contribution in [1.29, 1.82) is 0 Å². The minimum Gasteiger partial charge on any atom is -0.315 e. The summed E-state index contributed by atoms with van der Waals surface area (Å²) in [6.07, 6.45) is 6.59. The molecule has 1 fully saturated rings. The molecule has 1 aromatic heterocycles. The van der Waals surface area contributed by atoms with E-state index in [4.69, 9.17) is 10.9 Å². The van der Waals surface area contributed by atoms with Crippen molar-refractivity contribution >= 4 is 6.01 Å². The molecule has 1 aliphatic rings. The smallest absolute Gasteiger partial charge is 0.315 e. The molecule has 0 atom stereocenters. The largest absolute Gasteiger partial charge is 0.416 e. The maximum absolute atomic E-state index is 12.6. The third-order valence-corrected chi connectivity index (χ3v) is 4.41. The minimum atomic E-state index is -4.37. The van der Waals surface area contributed by atoms with Crippen LogP contribution in [0.25, 0.3) is 11.4 Å². The molecule has 0 aliphatic heterocycles. The second-order valence-corrected chi connectivity index (χ2v) is 6.10. The highest BCUT2D eigenvalue weighted by Crippen LogP contribution is 2.31. The highest BCUT2D eigenvalue weighted by atomic mass is 19.4. The van der Waals surface area contributed by atoms with Crippen molar-refractivity contribution in [1.82, 2.24) is 10.1 Å². The van der Waals surface area contributed by atoms with Crippen molar-refractivity contribution in [3.05, 3.63) is 29.8 Å². The maximum atomic E-state index is 12.6. The van der Waals surface area contributed by atoms with Crippen LogP contribution in [-0.4, -0.2) is 22.7 Å². The van der Waals surface area contributed by atoms with Gasteiger partial charge in [-0.2, -0.15) is 18.2 Å². The van der Waals surface area contributed by atoms with Crippen LogP contribution >= 0.6 is 0 Å². The Bertz CT molecular complexity index is 740. The molecule has 0 unspecified atom stereocenters. The van der Waals surface area contributed by atoms with Crippen LogP contribution in [0.15, 0.2) is 28.8 Å². The number of nitrogens with zero attached hydrogens (tertiary/aromatic N) is 3. The average Bonchev–Trinajstić information content (AvgIpc) is 3.09. The van der Waals surface area contributed by atoms with Gasteiger partial charge in [0.2, 0.25) is 5.82 Å². The predicted molar refractivity (Wildman–Crippen MR) is 87.8 cm³/mol. The molecule has 1 aliphatic carbocycles. The molecular formula is C18H18F3N3O. The summed E-state index contributed by atoms with van der Waals surface area (Å²) >= 11 is 0. The van der Waals surface area contributed by atoms with Crippen LogP contribution in [0, 0.1) is 12.3 Å². The van der Waals surface area contributed by atoms with Crippen LogP contribution in [-0.2, 0) is 6.18 Å². The number of benzene rings is 1. The highest BCUT2D eigenvalue weighted by Gasteiger charge is 2.30. The van der Waals surface area contributed by atoms with Crippen LogP contribution in [0.3, 0.4) is 0 Å². The van der Waals surface area contributed by atoms with Gasteiger partial charge < -0.3 is 9.42 Å². The Morgan fingerprint density at radius 2 is 1.84 bits per heavy atom. The molecule has 1 saturated carbocycles. The van der Waals surface area contributed by atoms with Gasteiger partial charge in [0.1, 0.15) is 0 Å². The number of alkyl halides is 3. The lowest BCUT2D eigenvalue weighted by Gasteiger charge is -2.31. The quantitative estimate of drug-likeness (QED) is 0.761. The fourth-order valence-electron chi connectivity index (χ4n) is 3.10. The number of aromatic nitrogens is 2. The van der Waals surface area contributed by atoms with E-state index < -0.39 is 11.7 Å². The number of hydrogen-bond acceptors (Lipinski definition) is 4. The first-order valence-corrected chi connectivity index (χ1v) is 8.20. The van der Waals surface area contributed by atoms with E-state index in [0.29, 0.717) is 18.1 Å². The third-order valence-electron chi connectivity index (χ3n) is 4.41. The van der Waals surface area contributed by atoms with E-state index >= 15 is 0 Å². The van der Waals surface area contributed by atoms with E-state index in [1.807, 2.05) is 4.90 Å². The van der Waals surface area contributed by atoms with Crippen molar-refractivity contribution in [3.8, 4) is 23.7 Å². The number of terminal acetylenes is 1. The maximum Gasteiger partial charge on any atom is 0.416 e. The molecule has 4 nitrogen and oxygen atoms in total. The Kier molecular flexibility index (Phi) is 4.98. The summed E-state index contributed by atoms with van der Waals surface area (Å²) in [5.41, 5.74) is -0.247. The molecule has 0 N–H and O–H groups in total. The molecule has 0 bridgehead atoms. The SMILES string of the molecule is C#CCN(c1nc(-c2ccc(C(F)(F)F)cc2)no1)C1CCCCC1. The number of halogens is 3. The van der Waals surface area contributed by atoms with E-state index in [-0.39, 0.29) is 11.9 Å². The van der Waals surface area contributed by atoms with Gasteiger partial charge in [0.05, 0.1) is 12.1 Å². The van der Waals surface area contributed by atoms with Crippen LogP contribution < -0.4 is 4.90 Å². The summed E-state index contributed by atoms with van der Waals surface area (Å²) in [7, 11) is 0. The van der Waals surface area contributed by atoms with Crippen molar-refractivity contribution in [3.63, 3.8) is 0 Å². The van der Waals surface area contributed by atoms with E-state index in [1.165, 1.54) is 18.6 Å². The van der Waals surface area contributed by atoms with Crippen molar-refractivity contribution in [2.45, 2.75) is 44.3 Å². The summed E-state index contributed by atoms with van der Waals surface area (Å²) < 4.78 is 43.3.